The summed E-state index contributed by atoms with van der Waals surface area (Å²) in [4.78, 5) is 11.8. The molecule has 0 aromatic carbocycles. The van der Waals surface area contributed by atoms with Crippen molar-refractivity contribution in [2.24, 2.45) is 0 Å². The van der Waals surface area contributed by atoms with E-state index in [4.69, 9.17) is 5.11 Å². The van der Waals surface area contributed by atoms with E-state index in [1.54, 1.807) is 6.92 Å². The molecule has 1 amide bonds. The van der Waals surface area contributed by atoms with Crippen molar-refractivity contribution in [3.05, 3.63) is 11.8 Å². The normalized spacial score (nSPS) is 25.0. The summed E-state index contributed by atoms with van der Waals surface area (Å²) in [6.45, 7) is 1.88. The van der Waals surface area contributed by atoms with Gasteiger partial charge in [0, 0.05) is 12.6 Å². The Bertz CT molecular complexity index is 417. The third-order valence-electron chi connectivity index (χ3n) is 2.68. The number of hydrogen-bond donors (Lipinski definition) is 3. The topological polar surface area (TPSA) is 98.8 Å². The van der Waals surface area contributed by atoms with Crippen LogP contribution < -0.4 is 0 Å². The summed E-state index contributed by atoms with van der Waals surface area (Å²) in [7, 11) is 0. The lowest BCUT2D eigenvalue weighted by molar-refractivity contribution is 0.128. The van der Waals surface area contributed by atoms with Gasteiger partial charge in [-0.2, -0.15) is 5.10 Å². The van der Waals surface area contributed by atoms with Crippen molar-refractivity contribution in [3.8, 4) is 5.88 Å². The molecule has 1 aromatic rings. The summed E-state index contributed by atoms with van der Waals surface area (Å²) in [5.41, 5.74) is 0.624. The fraction of sp³-hybridized carbons (Fsp3) is 0.556. The van der Waals surface area contributed by atoms with Crippen LogP contribution in [0.15, 0.2) is 6.07 Å². The highest BCUT2D eigenvalue weighted by Crippen LogP contribution is 2.26. The largest absolute Gasteiger partial charge is 0.493 e. The fourth-order valence-corrected chi connectivity index (χ4v) is 1.91. The molecule has 1 aliphatic rings. The molecule has 88 valence electrons. The zero-order valence-electron chi connectivity index (χ0n) is 8.74. The van der Waals surface area contributed by atoms with Gasteiger partial charge in [-0.1, -0.05) is 0 Å². The molecule has 16 heavy (non-hydrogen) atoms. The first-order chi connectivity index (χ1) is 7.49. The van der Waals surface area contributed by atoms with Gasteiger partial charge in [0.2, 0.25) is 5.88 Å². The van der Waals surface area contributed by atoms with Gasteiger partial charge in [0.25, 0.3) is 0 Å². The monoisotopic (exact) mass is 227 g/mol. The molecule has 2 rings (SSSR count). The van der Waals surface area contributed by atoms with Gasteiger partial charge < -0.3 is 20.2 Å². The van der Waals surface area contributed by atoms with E-state index in [-0.39, 0.29) is 19.0 Å². The third kappa shape index (κ3) is 1.69. The lowest BCUT2D eigenvalue weighted by Crippen LogP contribution is -2.27. The van der Waals surface area contributed by atoms with Gasteiger partial charge in [-0.3, -0.25) is 0 Å². The van der Waals surface area contributed by atoms with Crippen LogP contribution in [0.3, 0.4) is 0 Å². The SMILES string of the molecule is Cc1cc(O)n([C@H]2CN(C(=O)O)C[C@@H]2O)n1. The molecule has 2 heterocycles. The lowest BCUT2D eigenvalue weighted by atomic mass is 10.2. The predicted molar refractivity (Wildman–Crippen MR) is 53.3 cm³/mol. The van der Waals surface area contributed by atoms with Crippen molar-refractivity contribution in [2.45, 2.75) is 19.1 Å². The van der Waals surface area contributed by atoms with E-state index in [1.165, 1.54) is 10.7 Å². The van der Waals surface area contributed by atoms with E-state index in [2.05, 4.69) is 5.10 Å². The number of aromatic hydroxyl groups is 1. The van der Waals surface area contributed by atoms with Crippen molar-refractivity contribution in [1.82, 2.24) is 14.7 Å². The van der Waals surface area contributed by atoms with E-state index in [0.29, 0.717) is 5.69 Å². The molecule has 1 saturated heterocycles. The van der Waals surface area contributed by atoms with Crippen LogP contribution in [0.1, 0.15) is 11.7 Å². The first-order valence-corrected chi connectivity index (χ1v) is 4.90. The zero-order valence-corrected chi connectivity index (χ0v) is 8.74. The predicted octanol–water partition coefficient (Wildman–Crippen LogP) is -0.207. The number of aliphatic hydroxyl groups is 1. The average Bonchev–Trinajstić information content (AvgIpc) is 2.69. The van der Waals surface area contributed by atoms with E-state index >= 15 is 0 Å². The third-order valence-corrected chi connectivity index (χ3v) is 2.68. The second-order valence-electron chi connectivity index (χ2n) is 3.91. The van der Waals surface area contributed by atoms with E-state index in [1.807, 2.05) is 0 Å². The molecule has 1 fully saturated rings. The van der Waals surface area contributed by atoms with E-state index in [0.717, 1.165) is 4.90 Å². The summed E-state index contributed by atoms with van der Waals surface area (Å²) in [6, 6.07) is 0.945. The molecule has 0 unspecified atom stereocenters. The molecule has 3 N–H and O–H groups in total. The Labute approximate surface area is 91.5 Å². The smallest absolute Gasteiger partial charge is 0.407 e. The molecule has 7 heteroatoms. The highest BCUT2D eigenvalue weighted by Gasteiger charge is 2.36. The lowest BCUT2D eigenvalue weighted by Gasteiger charge is -2.14. The number of amides is 1. The number of carboxylic acid groups (broad SMARTS) is 1. The van der Waals surface area contributed by atoms with Gasteiger partial charge in [0.05, 0.1) is 18.3 Å². The maximum atomic E-state index is 10.7. The number of nitrogens with zero attached hydrogens (tertiary/aromatic N) is 3. The van der Waals surface area contributed by atoms with Crippen LogP contribution in [0, 0.1) is 6.92 Å². The summed E-state index contributed by atoms with van der Waals surface area (Å²) in [5, 5.41) is 32.1. The van der Waals surface area contributed by atoms with Crippen LogP contribution >= 0.6 is 0 Å². The van der Waals surface area contributed by atoms with Gasteiger partial charge in [-0.05, 0) is 6.92 Å². The van der Waals surface area contributed by atoms with Crippen LogP contribution in [-0.2, 0) is 0 Å². The second-order valence-corrected chi connectivity index (χ2v) is 3.91. The van der Waals surface area contributed by atoms with E-state index in [9.17, 15) is 15.0 Å². The van der Waals surface area contributed by atoms with Gasteiger partial charge in [-0.25, -0.2) is 9.48 Å². The number of rotatable bonds is 1. The number of β-amino-alcohol motifs (C(OH)–C–C–N with tert-alkyl or cyclic N) is 1. The minimum atomic E-state index is -1.08. The van der Waals surface area contributed by atoms with Crippen LogP contribution in [0.5, 0.6) is 5.88 Å². The van der Waals surface area contributed by atoms with Gasteiger partial charge >= 0.3 is 6.09 Å². The molecule has 2 atom stereocenters. The second kappa shape index (κ2) is 3.67. The standard InChI is InChI=1S/C9H13N3O4/c1-5-2-8(14)12(10-5)6-3-11(9(15)16)4-7(6)13/h2,6-7,13-14H,3-4H2,1H3,(H,15,16)/t6-,7-/m0/s1. The molecular weight excluding hydrogens is 214 g/mol. The summed E-state index contributed by atoms with van der Waals surface area (Å²) < 4.78 is 1.27. The quantitative estimate of drug-likeness (QED) is 0.616. The average molecular weight is 227 g/mol. The number of hydrogen-bond acceptors (Lipinski definition) is 4. The highest BCUT2D eigenvalue weighted by molar-refractivity contribution is 5.65. The van der Waals surface area contributed by atoms with Crippen LogP contribution in [-0.4, -0.2) is 55.3 Å². The minimum Gasteiger partial charge on any atom is -0.493 e. The Balaban J connectivity index is 2.23. The Hall–Kier alpha value is -1.76. The zero-order chi connectivity index (χ0) is 11.9. The summed E-state index contributed by atoms with van der Waals surface area (Å²) >= 11 is 0. The maximum absolute atomic E-state index is 10.7. The highest BCUT2D eigenvalue weighted by atomic mass is 16.4. The first kappa shape index (κ1) is 10.7. The van der Waals surface area contributed by atoms with Gasteiger partial charge in [-0.15, -0.1) is 0 Å². The van der Waals surface area contributed by atoms with Gasteiger partial charge in [0.1, 0.15) is 6.04 Å². The van der Waals surface area contributed by atoms with Crippen molar-refractivity contribution in [1.29, 1.82) is 0 Å². The summed E-state index contributed by atoms with van der Waals surface area (Å²) in [6.07, 6.45) is -1.92. The van der Waals surface area contributed by atoms with Gasteiger partial charge in [0.15, 0.2) is 0 Å². The number of aliphatic hydroxyl groups excluding tert-OH is 1. The summed E-state index contributed by atoms with van der Waals surface area (Å²) in [5.74, 6) is -0.0613. The number of carbonyl (C=O) groups is 1. The number of aromatic nitrogens is 2. The minimum absolute atomic E-state index is 0.0400. The number of likely N-dealkylation sites (tertiary alicyclic amines) is 1. The molecule has 1 aliphatic heterocycles. The van der Waals surface area contributed by atoms with Crippen LogP contribution in [0.2, 0.25) is 0 Å². The fourth-order valence-electron chi connectivity index (χ4n) is 1.91. The molecule has 1 aromatic heterocycles. The molecule has 7 nitrogen and oxygen atoms in total. The van der Waals surface area contributed by atoms with Crippen LogP contribution in [0.25, 0.3) is 0 Å². The Morgan fingerprint density at radius 1 is 1.56 bits per heavy atom. The van der Waals surface area contributed by atoms with Crippen molar-refractivity contribution < 1.29 is 20.1 Å². The molecule has 0 aliphatic carbocycles. The first-order valence-electron chi connectivity index (χ1n) is 4.90. The Kier molecular flexibility index (Phi) is 2.47. The number of aryl methyl sites for hydroxylation is 1. The molecular formula is C9H13N3O4. The Morgan fingerprint density at radius 2 is 2.25 bits per heavy atom. The van der Waals surface area contributed by atoms with E-state index < -0.39 is 18.2 Å². The molecule has 0 saturated carbocycles. The van der Waals surface area contributed by atoms with Crippen molar-refractivity contribution in [2.75, 3.05) is 13.1 Å². The Morgan fingerprint density at radius 3 is 2.69 bits per heavy atom. The van der Waals surface area contributed by atoms with Crippen LogP contribution in [0.4, 0.5) is 4.79 Å². The molecule has 0 spiro atoms. The van der Waals surface area contributed by atoms with Crippen molar-refractivity contribution in [3.63, 3.8) is 0 Å². The molecule has 0 bridgehead atoms. The maximum Gasteiger partial charge on any atom is 0.407 e. The van der Waals surface area contributed by atoms with Crippen molar-refractivity contribution >= 4 is 6.09 Å². The molecule has 0 radical (unpaired) electrons.